The van der Waals surface area contributed by atoms with Crippen LogP contribution in [0.1, 0.15) is 22.3 Å². The van der Waals surface area contributed by atoms with Gasteiger partial charge < -0.3 is 14.4 Å². The van der Waals surface area contributed by atoms with E-state index in [-0.39, 0.29) is 5.91 Å². The highest BCUT2D eigenvalue weighted by Gasteiger charge is 2.28. The second-order valence-electron chi connectivity index (χ2n) is 10.3. The van der Waals surface area contributed by atoms with E-state index in [1.807, 2.05) is 91.0 Å². The minimum atomic E-state index is -0.196. The van der Waals surface area contributed by atoms with Crippen LogP contribution in [0.15, 0.2) is 119 Å². The van der Waals surface area contributed by atoms with Crippen molar-refractivity contribution in [1.82, 2.24) is 9.80 Å². The molecule has 2 heterocycles. The molecule has 4 aromatic rings. The number of aliphatic imine (C=N–C) groups is 1. The van der Waals surface area contributed by atoms with E-state index >= 15 is 0 Å². The van der Waals surface area contributed by atoms with Gasteiger partial charge in [-0.1, -0.05) is 97.1 Å². The van der Waals surface area contributed by atoms with Crippen molar-refractivity contribution in [2.75, 3.05) is 26.2 Å². The second kappa shape index (κ2) is 13.6. The number of hydrogen-bond acceptors (Lipinski definition) is 6. The Morgan fingerprint density at radius 3 is 1.88 bits per heavy atom. The zero-order valence-corrected chi connectivity index (χ0v) is 24.2. The fraction of sp³-hybridized carbons (Fsp3) is 0.200. The molecule has 0 N–H and O–H groups in total. The van der Waals surface area contributed by atoms with Crippen molar-refractivity contribution in [2.24, 2.45) is 4.99 Å². The molecule has 1 fully saturated rings. The Kier molecular flexibility index (Phi) is 8.98. The molecule has 0 spiro atoms. The molecule has 0 radical (unpaired) electrons. The Morgan fingerprint density at radius 2 is 1.26 bits per heavy atom. The zero-order chi connectivity index (χ0) is 28.6. The lowest BCUT2D eigenvalue weighted by Crippen LogP contribution is -2.47. The van der Waals surface area contributed by atoms with Gasteiger partial charge in [-0.15, -0.1) is 0 Å². The molecule has 0 bridgehead atoms. The van der Waals surface area contributed by atoms with Crippen LogP contribution in [0.25, 0.3) is 6.08 Å². The third kappa shape index (κ3) is 7.29. The first kappa shape index (κ1) is 27.8. The van der Waals surface area contributed by atoms with Crippen LogP contribution in [0.3, 0.4) is 0 Å². The number of carbonyl (C=O) groups is 1. The van der Waals surface area contributed by atoms with Crippen LogP contribution in [0.4, 0.5) is 0 Å². The summed E-state index contributed by atoms with van der Waals surface area (Å²) < 4.78 is 12.4. The summed E-state index contributed by atoms with van der Waals surface area (Å²) in [6, 6.07) is 36.4. The molecule has 212 valence electrons. The predicted molar refractivity (Wildman–Crippen MR) is 169 cm³/mol. The average molecular weight is 576 g/mol. The molecule has 42 heavy (non-hydrogen) atoms. The van der Waals surface area contributed by atoms with Crippen LogP contribution < -0.4 is 9.47 Å². The van der Waals surface area contributed by atoms with Gasteiger partial charge in [-0.2, -0.15) is 4.99 Å². The monoisotopic (exact) mass is 575 g/mol. The molecule has 6 nitrogen and oxygen atoms in total. The van der Waals surface area contributed by atoms with Gasteiger partial charge in [0.1, 0.15) is 13.2 Å². The SMILES string of the molecule is O=C1N=C(N2CCN(Cc3ccccc3)CC2)S/C1=C/c1ccc(OCc2ccccc2)c(OCc2ccccc2)c1. The van der Waals surface area contributed by atoms with Gasteiger partial charge >= 0.3 is 0 Å². The van der Waals surface area contributed by atoms with E-state index in [0.29, 0.717) is 29.6 Å². The standard InChI is InChI=1S/C35H33N3O3S/c39-34-33(42-35(36-34)38-20-18-37(19-21-38)24-27-10-4-1-5-11-27)23-30-16-17-31(40-25-28-12-6-2-7-13-28)32(22-30)41-26-29-14-8-3-9-15-29/h1-17,22-23H,18-21,24-26H2/b33-23+. The van der Waals surface area contributed by atoms with Crippen LogP contribution in [0.5, 0.6) is 11.5 Å². The first-order valence-electron chi connectivity index (χ1n) is 14.2. The van der Waals surface area contributed by atoms with Crippen molar-refractivity contribution >= 4 is 28.9 Å². The largest absolute Gasteiger partial charge is 0.485 e. The minimum Gasteiger partial charge on any atom is -0.485 e. The molecule has 1 amide bonds. The van der Waals surface area contributed by atoms with Gasteiger partial charge in [0.2, 0.25) is 0 Å². The number of amides is 1. The maximum atomic E-state index is 12.9. The summed E-state index contributed by atoms with van der Waals surface area (Å²) in [5, 5.41) is 0.786. The molecule has 2 aliphatic rings. The highest BCUT2D eigenvalue weighted by Crippen LogP contribution is 2.34. The van der Waals surface area contributed by atoms with Gasteiger partial charge in [-0.25, -0.2) is 0 Å². The summed E-state index contributed by atoms with van der Waals surface area (Å²) in [6.07, 6.45) is 1.89. The molecular formula is C35H33N3O3S. The predicted octanol–water partition coefficient (Wildman–Crippen LogP) is 6.63. The van der Waals surface area contributed by atoms with Gasteiger partial charge in [0.25, 0.3) is 5.91 Å². The van der Waals surface area contributed by atoms with E-state index in [0.717, 1.165) is 54.6 Å². The fourth-order valence-corrected chi connectivity index (χ4v) is 5.91. The Labute approximate surface area is 251 Å². The third-order valence-electron chi connectivity index (χ3n) is 7.24. The van der Waals surface area contributed by atoms with Crippen molar-refractivity contribution < 1.29 is 14.3 Å². The Balaban J connectivity index is 1.12. The molecule has 4 aromatic carbocycles. The molecule has 0 atom stereocenters. The molecule has 7 heteroatoms. The first-order chi connectivity index (χ1) is 20.7. The van der Waals surface area contributed by atoms with Crippen LogP contribution >= 0.6 is 11.8 Å². The van der Waals surface area contributed by atoms with E-state index in [2.05, 4.69) is 39.1 Å². The lowest BCUT2D eigenvalue weighted by molar-refractivity contribution is -0.113. The highest BCUT2D eigenvalue weighted by atomic mass is 32.2. The summed E-state index contributed by atoms with van der Waals surface area (Å²) in [4.78, 5) is 22.6. The molecule has 6 rings (SSSR count). The van der Waals surface area contributed by atoms with Crippen molar-refractivity contribution in [3.63, 3.8) is 0 Å². The van der Waals surface area contributed by atoms with Crippen LogP contribution in [0.2, 0.25) is 0 Å². The first-order valence-corrected chi connectivity index (χ1v) is 15.0. The summed E-state index contributed by atoms with van der Waals surface area (Å²) >= 11 is 1.45. The van der Waals surface area contributed by atoms with E-state index in [1.165, 1.54) is 17.3 Å². The number of nitrogens with zero attached hydrogens (tertiary/aromatic N) is 3. The summed E-state index contributed by atoms with van der Waals surface area (Å²) in [5.74, 6) is 1.10. The van der Waals surface area contributed by atoms with Crippen LogP contribution in [0, 0.1) is 0 Å². The number of ether oxygens (including phenoxy) is 2. The topological polar surface area (TPSA) is 54.4 Å². The maximum absolute atomic E-state index is 12.9. The number of thioether (sulfide) groups is 1. The van der Waals surface area contributed by atoms with Crippen molar-refractivity contribution in [2.45, 2.75) is 19.8 Å². The van der Waals surface area contributed by atoms with Gasteiger partial charge in [0.15, 0.2) is 16.7 Å². The molecule has 1 saturated heterocycles. The van der Waals surface area contributed by atoms with Crippen LogP contribution in [-0.2, 0) is 24.6 Å². The molecule has 0 aliphatic carbocycles. The fourth-order valence-electron chi connectivity index (χ4n) is 4.94. The van der Waals surface area contributed by atoms with E-state index in [1.54, 1.807) is 0 Å². The number of piperazine rings is 1. The number of rotatable bonds is 9. The van der Waals surface area contributed by atoms with Gasteiger partial charge in [0, 0.05) is 32.7 Å². The minimum absolute atomic E-state index is 0.196. The van der Waals surface area contributed by atoms with Gasteiger partial charge in [-0.3, -0.25) is 9.69 Å². The van der Waals surface area contributed by atoms with Crippen LogP contribution in [-0.4, -0.2) is 47.1 Å². The lowest BCUT2D eigenvalue weighted by Gasteiger charge is -2.35. The van der Waals surface area contributed by atoms with Gasteiger partial charge in [0.05, 0.1) is 4.91 Å². The Bertz CT molecular complexity index is 1550. The normalized spacial score (nSPS) is 16.5. The van der Waals surface area contributed by atoms with E-state index < -0.39 is 0 Å². The Hall–Kier alpha value is -4.33. The molecular weight excluding hydrogens is 542 g/mol. The van der Waals surface area contributed by atoms with Gasteiger partial charge in [-0.05, 0) is 52.2 Å². The summed E-state index contributed by atoms with van der Waals surface area (Å²) in [6.45, 7) is 5.38. The quantitative estimate of drug-likeness (QED) is 0.209. The molecule has 0 unspecified atom stereocenters. The number of amidine groups is 1. The summed E-state index contributed by atoms with van der Waals surface area (Å²) in [7, 11) is 0. The van der Waals surface area contributed by atoms with Crippen molar-refractivity contribution in [3.05, 3.63) is 136 Å². The smallest absolute Gasteiger partial charge is 0.286 e. The number of hydrogen-bond donors (Lipinski definition) is 0. The third-order valence-corrected chi connectivity index (χ3v) is 8.29. The lowest BCUT2D eigenvalue weighted by atomic mass is 10.1. The molecule has 0 aromatic heterocycles. The zero-order valence-electron chi connectivity index (χ0n) is 23.4. The second-order valence-corrected chi connectivity index (χ2v) is 11.3. The van der Waals surface area contributed by atoms with E-state index in [4.69, 9.17) is 9.47 Å². The number of benzene rings is 4. The van der Waals surface area contributed by atoms with Crippen molar-refractivity contribution in [3.8, 4) is 11.5 Å². The van der Waals surface area contributed by atoms with Crippen molar-refractivity contribution in [1.29, 1.82) is 0 Å². The highest BCUT2D eigenvalue weighted by molar-refractivity contribution is 8.18. The average Bonchev–Trinajstić information content (AvgIpc) is 3.41. The maximum Gasteiger partial charge on any atom is 0.286 e. The summed E-state index contributed by atoms with van der Waals surface area (Å²) in [5.41, 5.74) is 4.34. The number of carbonyl (C=O) groups excluding carboxylic acids is 1. The Morgan fingerprint density at radius 1 is 0.690 bits per heavy atom. The molecule has 0 saturated carbocycles. The molecule has 2 aliphatic heterocycles. The van der Waals surface area contributed by atoms with E-state index in [9.17, 15) is 4.79 Å².